The van der Waals surface area contributed by atoms with E-state index >= 15 is 0 Å². The number of hydrogen-bond acceptors (Lipinski definition) is 4. The van der Waals surface area contributed by atoms with Gasteiger partial charge in [-0.2, -0.15) is 10.5 Å². The van der Waals surface area contributed by atoms with Crippen LogP contribution in [0.4, 0.5) is 0 Å². The second-order valence-corrected chi connectivity index (χ2v) is 6.33. The second-order valence-electron chi connectivity index (χ2n) is 3.90. The smallest absolute Gasteiger partial charge is 0.166 e. The van der Waals surface area contributed by atoms with Gasteiger partial charge in [0.05, 0.1) is 15.3 Å². The number of ketones is 1. The van der Waals surface area contributed by atoms with Crippen LogP contribution in [-0.4, -0.2) is 5.78 Å². The summed E-state index contributed by atoms with van der Waals surface area (Å²) >= 11 is 4.50. The highest BCUT2D eigenvalue weighted by molar-refractivity contribution is 9.11. The number of rotatable bonds is 3. The predicted molar refractivity (Wildman–Crippen MR) is 63.0 cm³/mol. The molecule has 0 aromatic carbocycles. The first-order valence-corrected chi connectivity index (χ1v) is 6.35. The van der Waals surface area contributed by atoms with Crippen LogP contribution in [-0.2, 0) is 0 Å². The van der Waals surface area contributed by atoms with Gasteiger partial charge in [-0.1, -0.05) is 0 Å². The fourth-order valence-corrected chi connectivity index (χ4v) is 2.95. The van der Waals surface area contributed by atoms with Gasteiger partial charge in [-0.3, -0.25) is 4.79 Å². The van der Waals surface area contributed by atoms with Crippen molar-refractivity contribution in [2.24, 2.45) is 5.41 Å². The van der Waals surface area contributed by atoms with E-state index in [1.165, 1.54) is 11.3 Å². The van der Waals surface area contributed by atoms with Gasteiger partial charge in [0.1, 0.15) is 10.9 Å². The molecule has 0 saturated heterocycles. The Bertz CT molecular complexity index is 531. The fraction of sp³-hybridized carbons (Fsp3) is 0.364. The van der Waals surface area contributed by atoms with Gasteiger partial charge in [0.2, 0.25) is 0 Å². The first-order chi connectivity index (χ1) is 7.60. The van der Waals surface area contributed by atoms with Crippen LogP contribution >= 0.6 is 27.3 Å². The SMILES string of the molecule is N#Cc1sc(Br)cc1C(=O)CC1(C#N)CC1. The summed E-state index contributed by atoms with van der Waals surface area (Å²) in [5, 5.41) is 17.8. The first-order valence-electron chi connectivity index (χ1n) is 4.74. The predicted octanol–water partition coefficient (Wildman–Crippen LogP) is 3.26. The van der Waals surface area contributed by atoms with E-state index in [0.29, 0.717) is 10.4 Å². The molecule has 0 spiro atoms. The Balaban J connectivity index is 2.22. The molecule has 0 atom stereocenters. The van der Waals surface area contributed by atoms with Gasteiger partial charge in [0.15, 0.2) is 5.78 Å². The van der Waals surface area contributed by atoms with Gasteiger partial charge in [0, 0.05) is 12.0 Å². The average molecular weight is 295 g/mol. The topological polar surface area (TPSA) is 64.7 Å². The van der Waals surface area contributed by atoms with Crippen molar-refractivity contribution in [3.63, 3.8) is 0 Å². The summed E-state index contributed by atoms with van der Waals surface area (Å²) in [6.45, 7) is 0. The molecule has 0 unspecified atom stereocenters. The molecule has 1 aromatic rings. The van der Waals surface area contributed by atoms with E-state index in [1.54, 1.807) is 6.07 Å². The maximum Gasteiger partial charge on any atom is 0.166 e. The lowest BCUT2D eigenvalue weighted by molar-refractivity contribution is 0.0966. The van der Waals surface area contributed by atoms with Crippen LogP contribution in [0.1, 0.15) is 34.5 Å². The van der Waals surface area contributed by atoms with Gasteiger partial charge in [-0.15, -0.1) is 11.3 Å². The molecule has 0 radical (unpaired) electrons. The van der Waals surface area contributed by atoms with Crippen molar-refractivity contribution in [1.29, 1.82) is 10.5 Å². The van der Waals surface area contributed by atoms with Gasteiger partial charge in [-0.25, -0.2) is 0 Å². The Hall–Kier alpha value is -1.17. The lowest BCUT2D eigenvalue weighted by Gasteiger charge is -2.02. The van der Waals surface area contributed by atoms with Gasteiger partial charge < -0.3 is 0 Å². The molecular weight excluding hydrogens is 288 g/mol. The average Bonchev–Trinajstić information content (AvgIpc) is 2.93. The second kappa shape index (κ2) is 4.01. The van der Waals surface area contributed by atoms with E-state index in [-0.39, 0.29) is 12.2 Å². The largest absolute Gasteiger partial charge is 0.294 e. The van der Waals surface area contributed by atoms with Crippen molar-refractivity contribution < 1.29 is 4.79 Å². The summed E-state index contributed by atoms with van der Waals surface area (Å²) in [6, 6.07) is 5.86. The number of Topliss-reactive ketones (excluding diaryl/α,β-unsaturated/α-hetero) is 1. The summed E-state index contributed by atoms with van der Waals surface area (Å²) in [5.41, 5.74) is -0.000931. The minimum atomic E-state index is -0.446. The van der Waals surface area contributed by atoms with Crippen LogP contribution in [0.3, 0.4) is 0 Å². The monoisotopic (exact) mass is 294 g/mol. The molecule has 0 aliphatic heterocycles. The third-order valence-corrected chi connectivity index (χ3v) is 4.24. The summed E-state index contributed by atoms with van der Waals surface area (Å²) in [7, 11) is 0. The van der Waals surface area contributed by atoms with Crippen molar-refractivity contribution in [3.05, 3.63) is 20.3 Å². The first kappa shape index (κ1) is 11.3. The van der Waals surface area contributed by atoms with E-state index in [1.807, 2.05) is 6.07 Å². The van der Waals surface area contributed by atoms with Crippen molar-refractivity contribution in [2.45, 2.75) is 19.3 Å². The van der Waals surface area contributed by atoms with E-state index in [0.717, 1.165) is 16.6 Å². The molecule has 0 N–H and O–H groups in total. The zero-order valence-electron chi connectivity index (χ0n) is 8.29. The van der Waals surface area contributed by atoms with Crippen molar-refractivity contribution >= 4 is 33.0 Å². The number of carbonyl (C=O) groups is 1. The lowest BCUT2D eigenvalue weighted by Crippen LogP contribution is -2.07. The van der Waals surface area contributed by atoms with E-state index in [2.05, 4.69) is 22.0 Å². The fourth-order valence-electron chi connectivity index (χ4n) is 1.53. The van der Waals surface area contributed by atoms with Gasteiger partial charge in [0.25, 0.3) is 0 Å². The molecule has 16 heavy (non-hydrogen) atoms. The lowest BCUT2D eigenvalue weighted by atomic mass is 9.97. The quantitative estimate of drug-likeness (QED) is 0.804. The number of halogens is 1. The molecule has 1 aliphatic carbocycles. The zero-order chi connectivity index (χ0) is 11.8. The molecular formula is C11H7BrN2OS. The molecule has 1 fully saturated rings. The third-order valence-electron chi connectivity index (χ3n) is 2.69. The number of hydrogen-bond donors (Lipinski definition) is 0. The molecule has 0 amide bonds. The standard InChI is InChI=1S/C11H7BrN2OS/c12-10-3-7(9(5-13)16-10)8(15)4-11(6-14)1-2-11/h3H,1-2,4H2. The van der Waals surface area contributed by atoms with Crippen molar-refractivity contribution in [2.75, 3.05) is 0 Å². The Morgan fingerprint density at radius 3 is 2.75 bits per heavy atom. The maximum absolute atomic E-state index is 11.9. The Labute approximate surface area is 105 Å². The van der Waals surface area contributed by atoms with Crippen LogP contribution < -0.4 is 0 Å². The number of carbonyl (C=O) groups excluding carboxylic acids is 1. The van der Waals surface area contributed by atoms with Crippen LogP contribution in [0.2, 0.25) is 0 Å². The van der Waals surface area contributed by atoms with Crippen molar-refractivity contribution in [3.8, 4) is 12.1 Å². The molecule has 5 heteroatoms. The van der Waals surface area contributed by atoms with Crippen LogP contribution in [0.15, 0.2) is 9.85 Å². The van der Waals surface area contributed by atoms with E-state index in [9.17, 15) is 4.79 Å². The Morgan fingerprint density at radius 1 is 1.56 bits per heavy atom. The summed E-state index contributed by atoms with van der Waals surface area (Å²) in [6.07, 6.45) is 1.83. The van der Waals surface area contributed by atoms with E-state index < -0.39 is 5.41 Å². The molecule has 3 nitrogen and oxygen atoms in total. The molecule has 1 aliphatic rings. The summed E-state index contributed by atoms with van der Waals surface area (Å²) in [4.78, 5) is 12.4. The Morgan fingerprint density at radius 2 is 2.25 bits per heavy atom. The number of nitrogens with zero attached hydrogens (tertiary/aromatic N) is 2. The minimum Gasteiger partial charge on any atom is -0.294 e. The molecule has 1 heterocycles. The molecule has 80 valence electrons. The summed E-state index contributed by atoms with van der Waals surface area (Å²) in [5.74, 6) is -0.0995. The van der Waals surface area contributed by atoms with E-state index in [4.69, 9.17) is 10.5 Å². The number of thiophene rings is 1. The van der Waals surface area contributed by atoms with Crippen LogP contribution in [0, 0.1) is 28.1 Å². The van der Waals surface area contributed by atoms with Crippen molar-refractivity contribution in [1.82, 2.24) is 0 Å². The molecule has 1 saturated carbocycles. The molecule has 1 aromatic heterocycles. The van der Waals surface area contributed by atoms with Crippen LogP contribution in [0.5, 0.6) is 0 Å². The molecule has 0 bridgehead atoms. The molecule has 2 rings (SSSR count). The zero-order valence-corrected chi connectivity index (χ0v) is 10.7. The van der Waals surface area contributed by atoms with Gasteiger partial charge in [-0.05, 0) is 34.8 Å². The highest BCUT2D eigenvalue weighted by atomic mass is 79.9. The van der Waals surface area contributed by atoms with Crippen LogP contribution in [0.25, 0.3) is 0 Å². The number of nitriles is 2. The maximum atomic E-state index is 11.9. The van der Waals surface area contributed by atoms with Gasteiger partial charge >= 0.3 is 0 Å². The summed E-state index contributed by atoms with van der Waals surface area (Å²) < 4.78 is 0.772. The highest BCUT2D eigenvalue weighted by Gasteiger charge is 2.45. The normalized spacial score (nSPS) is 16.2. The Kier molecular flexibility index (Phi) is 2.84. The highest BCUT2D eigenvalue weighted by Crippen LogP contribution is 2.49. The minimum absolute atomic E-state index is 0.0995. The third kappa shape index (κ3) is 2.02.